The van der Waals surface area contributed by atoms with Crippen LogP contribution in [0.1, 0.15) is 32.3 Å². The number of nitrogens with zero attached hydrogens (tertiary/aromatic N) is 1. The lowest BCUT2D eigenvalue weighted by Gasteiger charge is -2.20. The van der Waals surface area contributed by atoms with Crippen LogP contribution in [-0.4, -0.2) is 25.0 Å². The highest BCUT2D eigenvalue weighted by atomic mass is 16.2. The number of anilines is 1. The highest BCUT2D eigenvalue weighted by Crippen LogP contribution is 2.28. The summed E-state index contributed by atoms with van der Waals surface area (Å²) in [5.41, 5.74) is 2.27. The molecule has 0 saturated carbocycles. The van der Waals surface area contributed by atoms with Crippen molar-refractivity contribution in [3.63, 3.8) is 0 Å². The van der Waals surface area contributed by atoms with Crippen LogP contribution in [-0.2, 0) is 11.2 Å². The van der Waals surface area contributed by atoms with E-state index in [1.165, 1.54) is 0 Å². The molecule has 98 valence electrons. The van der Waals surface area contributed by atoms with Gasteiger partial charge in [0.2, 0.25) is 5.91 Å². The van der Waals surface area contributed by atoms with Crippen molar-refractivity contribution in [2.75, 3.05) is 18.0 Å². The van der Waals surface area contributed by atoms with Gasteiger partial charge in [-0.05, 0) is 37.9 Å². The van der Waals surface area contributed by atoms with E-state index in [0.29, 0.717) is 12.5 Å². The molecule has 0 radical (unpaired) electrons. The van der Waals surface area contributed by atoms with E-state index in [1.54, 1.807) is 0 Å². The molecule has 1 amide bonds. The summed E-state index contributed by atoms with van der Waals surface area (Å²) < 4.78 is 0. The molecule has 18 heavy (non-hydrogen) atoms. The van der Waals surface area contributed by atoms with Gasteiger partial charge in [0.1, 0.15) is 0 Å². The number of hydrogen-bond acceptors (Lipinski definition) is 2. The van der Waals surface area contributed by atoms with Crippen LogP contribution >= 0.6 is 0 Å². The van der Waals surface area contributed by atoms with Crippen molar-refractivity contribution in [2.45, 2.75) is 39.2 Å². The molecule has 0 aromatic heterocycles. The Morgan fingerprint density at radius 1 is 1.39 bits per heavy atom. The van der Waals surface area contributed by atoms with Crippen LogP contribution in [0.3, 0.4) is 0 Å². The predicted octanol–water partition coefficient (Wildman–Crippen LogP) is 2.35. The minimum atomic E-state index is 0.235. The Kier molecular flexibility index (Phi) is 4.37. The van der Waals surface area contributed by atoms with E-state index < -0.39 is 0 Å². The van der Waals surface area contributed by atoms with E-state index in [0.717, 1.165) is 37.2 Å². The monoisotopic (exact) mass is 246 g/mol. The summed E-state index contributed by atoms with van der Waals surface area (Å²) in [6, 6.07) is 8.56. The Morgan fingerprint density at radius 3 is 2.94 bits per heavy atom. The number of rotatable bonds is 6. The zero-order valence-electron chi connectivity index (χ0n) is 11.3. The van der Waals surface area contributed by atoms with Gasteiger partial charge in [0.05, 0.1) is 6.42 Å². The van der Waals surface area contributed by atoms with Gasteiger partial charge >= 0.3 is 0 Å². The number of benzene rings is 1. The second kappa shape index (κ2) is 6.01. The molecular weight excluding hydrogens is 224 g/mol. The Hall–Kier alpha value is -1.35. The Bertz CT molecular complexity index is 417. The first-order valence-electron chi connectivity index (χ1n) is 6.84. The van der Waals surface area contributed by atoms with Crippen LogP contribution in [0, 0.1) is 0 Å². The molecule has 1 aromatic carbocycles. The van der Waals surface area contributed by atoms with Gasteiger partial charge in [0.25, 0.3) is 0 Å². The second-order valence-electron chi connectivity index (χ2n) is 4.99. The van der Waals surface area contributed by atoms with Crippen LogP contribution in [0.15, 0.2) is 24.3 Å². The number of carbonyl (C=O) groups excluding carboxylic acids is 1. The summed E-state index contributed by atoms with van der Waals surface area (Å²) >= 11 is 0. The molecule has 3 heteroatoms. The van der Waals surface area contributed by atoms with E-state index in [1.807, 2.05) is 29.2 Å². The second-order valence-corrected chi connectivity index (χ2v) is 4.99. The van der Waals surface area contributed by atoms with Gasteiger partial charge in [-0.15, -0.1) is 0 Å². The first kappa shape index (κ1) is 13.1. The van der Waals surface area contributed by atoms with E-state index in [-0.39, 0.29) is 5.91 Å². The third-order valence-corrected chi connectivity index (χ3v) is 3.45. The Labute approximate surface area is 109 Å². The molecule has 1 aliphatic heterocycles. The smallest absolute Gasteiger partial charge is 0.231 e. The van der Waals surface area contributed by atoms with Crippen molar-refractivity contribution in [1.29, 1.82) is 0 Å². The average molecular weight is 246 g/mol. The minimum absolute atomic E-state index is 0.235. The molecule has 3 nitrogen and oxygen atoms in total. The molecule has 0 bridgehead atoms. The molecule has 1 aromatic rings. The summed E-state index contributed by atoms with van der Waals surface area (Å²) in [6.07, 6.45) is 2.71. The summed E-state index contributed by atoms with van der Waals surface area (Å²) in [4.78, 5) is 13.9. The number of hydrogen-bond donors (Lipinski definition) is 1. The van der Waals surface area contributed by atoms with E-state index in [9.17, 15) is 4.79 Å². The van der Waals surface area contributed by atoms with Crippen LogP contribution < -0.4 is 10.2 Å². The number of fused-ring (bicyclic) bond motifs is 1. The first-order valence-corrected chi connectivity index (χ1v) is 6.84. The zero-order valence-corrected chi connectivity index (χ0v) is 11.3. The van der Waals surface area contributed by atoms with Crippen molar-refractivity contribution in [2.24, 2.45) is 0 Å². The highest BCUT2D eigenvalue weighted by Gasteiger charge is 2.26. The molecule has 1 heterocycles. The largest absolute Gasteiger partial charge is 0.314 e. The molecule has 1 N–H and O–H groups in total. The quantitative estimate of drug-likeness (QED) is 0.835. The standard InChI is InChI=1S/C15H22N2O/c1-3-9-16-12(2)8-10-17-14-7-5-4-6-13(14)11-15(17)18/h4-7,12,16H,3,8-11H2,1-2H3. The molecule has 0 fully saturated rings. The maximum Gasteiger partial charge on any atom is 0.231 e. The number of amides is 1. The fourth-order valence-corrected chi connectivity index (χ4v) is 2.38. The lowest BCUT2D eigenvalue weighted by Crippen LogP contribution is -2.34. The van der Waals surface area contributed by atoms with Crippen LogP contribution in [0.5, 0.6) is 0 Å². The predicted molar refractivity (Wildman–Crippen MR) is 74.9 cm³/mol. The molecule has 1 aliphatic rings. The average Bonchev–Trinajstić information content (AvgIpc) is 2.69. The van der Waals surface area contributed by atoms with Crippen molar-refractivity contribution in [1.82, 2.24) is 5.32 Å². The van der Waals surface area contributed by atoms with Gasteiger partial charge in [0.15, 0.2) is 0 Å². The fraction of sp³-hybridized carbons (Fsp3) is 0.533. The first-order chi connectivity index (χ1) is 8.72. The normalized spacial score (nSPS) is 15.9. The molecule has 0 spiro atoms. The van der Waals surface area contributed by atoms with Gasteiger partial charge in [0, 0.05) is 18.3 Å². The molecule has 1 unspecified atom stereocenters. The number of nitrogens with one attached hydrogen (secondary N) is 1. The number of para-hydroxylation sites is 1. The maximum absolute atomic E-state index is 12.0. The number of carbonyl (C=O) groups is 1. The van der Waals surface area contributed by atoms with Crippen LogP contribution in [0.25, 0.3) is 0 Å². The van der Waals surface area contributed by atoms with Gasteiger partial charge < -0.3 is 10.2 Å². The molecule has 1 atom stereocenters. The van der Waals surface area contributed by atoms with Crippen molar-refractivity contribution >= 4 is 11.6 Å². The van der Waals surface area contributed by atoms with Crippen molar-refractivity contribution in [3.05, 3.63) is 29.8 Å². The topological polar surface area (TPSA) is 32.3 Å². The van der Waals surface area contributed by atoms with E-state index in [4.69, 9.17) is 0 Å². The summed E-state index contributed by atoms with van der Waals surface area (Å²) in [7, 11) is 0. The molecular formula is C15H22N2O. The van der Waals surface area contributed by atoms with Gasteiger partial charge in [-0.25, -0.2) is 0 Å². The van der Waals surface area contributed by atoms with E-state index in [2.05, 4.69) is 19.2 Å². The van der Waals surface area contributed by atoms with Gasteiger partial charge in [-0.1, -0.05) is 25.1 Å². The summed E-state index contributed by atoms with van der Waals surface area (Å²) in [6.45, 7) is 6.21. The minimum Gasteiger partial charge on any atom is -0.314 e. The van der Waals surface area contributed by atoms with Crippen LogP contribution in [0.4, 0.5) is 5.69 Å². The molecule has 0 aliphatic carbocycles. The molecule has 2 rings (SSSR count). The highest BCUT2D eigenvalue weighted by molar-refractivity contribution is 6.01. The Balaban J connectivity index is 1.92. The van der Waals surface area contributed by atoms with Crippen LogP contribution in [0.2, 0.25) is 0 Å². The summed E-state index contributed by atoms with van der Waals surface area (Å²) in [5, 5.41) is 3.46. The fourth-order valence-electron chi connectivity index (χ4n) is 2.38. The summed E-state index contributed by atoms with van der Waals surface area (Å²) in [5.74, 6) is 0.235. The van der Waals surface area contributed by atoms with E-state index >= 15 is 0 Å². The molecule has 0 saturated heterocycles. The van der Waals surface area contributed by atoms with Crippen molar-refractivity contribution in [3.8, 4) is 0 Å². The SMILES string of the molecule is CCCNC(C)CCN1C(=O)Cc2ccccc21. The lowest BCUT2D eigenvalue weighted by atomic mass is 10.2. The van der Waals surface area contributed by atoms with Crippen molar-refractivity contribution < 1.29 is 4.79 Å². The third kappa shape index (κ3) is 2.91. The zero-order chi connectivity index (χ0) is 13.0. The Morgan fingerprint density at radius 2 is 2.17 bits per heavy atom. The maximum atomic E-state index is 12.0. The van der Waals surface area contributed by atoms with Gasteiger partial charge in [-0.2, -0.15) is 0 Å². The third-order valence-electron chi connectivity index (χ3n) is 3.45. The lowest BCUT2D eigenvalue weighted by molar-refractivity contribution is -0.117. The van der Waals surface area contributed by atoms with Gasteiger partial charge in [-0.3, -0.25) is 4.79 Å².